The molecule has 0 bridgehead atoms. The summed E-state index contributed by atoms with van der Waals surface area (Å²) in [7, 11) is 0. The first kappa shape index (κ1) is 17.8. The number of rotatable bonds is 6. The van der Waals surface area contributed by atoms with Gasteiger partial charge in [0.1, 0.15) is 0 Å². The van der Waals surface area contributed by atoms with Crippen molar-refractivity contribution in [3.05, 3.63) is 66.7 Å². The van der Waals surface area contributed by atoms with Crippen molar-refractivity contribution in [2.45, 2.75) is 13.3 Å². The van der Waals surface area contributed by atoms with Crippen LogP contribution in [0.1, 0.15) is 12.0 Å². The molecule has 1 amide bonds. The predicted octanol–water partition coefficient (Wildman–Crippen LogP) is 4.22. The molecule has 1 aromatic carbocycles. The molecule has 0 fully saturated rings. The Balaban J connectivity index is 2.05. The van der Waals surface area contributed by atoms with Crippen LogP contribution in [-0.2, 0) is 4.79 Å². The van der Waals surface area contributed by atoms with E-state index in [2.05, 4.69) is 20.3 Å². The summed E-state index contributed by atoms with van der Waals surface area (Å²) < 4.78 is 0. The standard InChI is InChI=1S/C19H18ClN5O/c1-14-3-4-15(24-18(26)5-8-20)13-17(14)25(16-6-11-21-12-7-16)19-22-9-2-10-23-19/h2-4,6-7,9-13H,5,8H2,1H3,(H,24,26). The summed E-state index contributed by atoms with van der Waals surface area (Å²) >= 11 is 5.64. The van der Waals surface area contributed by atoms with Crippen molar-refractivity contribution in [2.24, 2.45) is 0 Å². The van der Waals surface area contributed by atoms with Crippen LogP contribution in [-0.4, -0.2) is 26.7 Å². The Morgan fingerprint density at radius 3 is 2.54 bits per heavy atom. The topological polar surface area (TPSA) is 71.0 Å². The van der Waals surface area contributed by atoms with Crippen molar-refractivity contribution in [1.29, 1.82) is 0 Å². The van der Waals surface area contributed by atoms with Gasteiger partial charge in [0.05, 0.1) is 11.4 Å². The minimum absolute atomic E-state index is 0.124. The molecular formula is C19H18ClN5O. The van der Waals surface area contributed by atoms with E-state index < -0.39 is 0 Å². The van der Waals surface area contributed by atoms with Gasteiger partial charge in [0, 0.05) is 42.8 Å². The van der Waals surface area contributed by atoms with Crippen LogP contribution in [0.2, 0.25) is 0 Å². The fourth-order valence-corrected chi connectivity index (χ4v) is 2.67. The van der Waals surface area contributed by atoms with Crippen molar-refractivity contribution in [3.8, 4) is 0 Å². The summed E-state index contributed by atoms with van der Waals surface area (Å²) in [5.74, 6) is 0.693. The van der Waals surface area contributed by atoms with Crippen LogP contribution in [0.15, 0.2) is 61.2 Å². The number of aromatic nitrogens is 3. The van der Waals surface area contributed by atoms with Gasteiger partial charge in [-0.25, -0.2) is 9.97 Å². The number of alkyl halides is 1. The first-order chi connectivity index (χ1) is 12.7. The first-order valence-corrected chi connectivity index (χ1v) is 8.66. The quantitative estimate of drug-likeness (QED) is 0.660. The molecule has 3 aromatic rings. The van der Waals surface area contributed by atoms with E-state index in [-0.39, 0.29) is 18.2 Å². The van der Waals surface area contributed by atoms with Crippen LogP contribution in [0.25, 0.3) is 0 Å². The number of anilines is 4. The number of pyridine rings is 1. The number of halogens is 1. The van der Waals surface area contributed by atoms with E-state index in [0.717, 1.165) is 16.9 Å². The van der Waals surface area contributed by atoms with E-state index in [0.29, 0.717) is 11.6 Å². The second-order valence-corrected chi connectivity index (χ2v) is 5.96. The molecule has 0 saturated heterocycles. The molecule has 0 aliphatic heterocycles. The largest absolute Gasteiger partial charge is 0.326 e. The second-order valence-electron chi connectivity index (χ2n) is 5.58. The van der Waals surface area contributed by atoms with Gasteiger partial charge >= 0.3 is 0 Å². The van der Waals surface area contributed by atoms with Crippen LogP contribution in [0.5, 0.6) is 0 Å². The molecule has 0 aliphatic carbocycles. The Labute approximate surface area is 156 Å². The highest BCUT2D eigenvalue weighted by Gasteiger charge is 2.17. The number of nitrogens with zero attached hydrogens (tertiary/aromatic N) is 4. The van der Waals surface area contributed by atoms with Gasteiger partial charge in [-0.05, 0) is 42.8 Å². The normalized spacial score (nSPS) is 10.4. The van der Waals surface area contributed by atoms with Gasteiger partial charge < -0.3 is 5.32 Å². The van der Waals surface area contributed by atoms with Gasteiger partial charge in [-0.15, -0.1) is 11.6 Å². The van der Waals surface area contributed by atoms with Crippen molar-refractivity contribution in [1.82, 2.24) is 15.0 Å². The maximum Gasteiger partial charge on any atom is 0.234 e. The Bertz CT molecular complexity index is 834. The van der Waals surface area contributed by atoms with Gasteiger partial charge in [-0.1, -0.05) is 6.07 Å². The number of carbonyl (C=O) groups is 1. The number of hydrogen-bond donors (Lipinski definition) is 1. The summed E-state index contributed by atoms with van der Waals surface area (Å²) in [6.07, 6.45) is 7.08. The third-order valence-corrected chi connectivity index (χ3v) is 3.92. The molecule has 0 radical (unpaired) electrons. The Morgan fingerprint density at radius 1 is 1.12 bits per heavy atom. The van der Waals surface area contributed by atoms with Gasteiger partial charge in [0.2, 0.25) is 11.9 Å². The summed E-state index contributed by atoms with van der Waals surface area (Å²) in [5.41, 5.74) is 3.45. The number of aryl methyl sites for hydroxylation is 1. The molecule has 0 atom stereocenters. The lowest BCUT2D eigenvalue weighted by Crippen LogP contribution is -2.16. The molecule has 0 saturated carbocycles. The molecule has 7 heteroatoms. The molecular weight excluding hydrogens is 350 g/mol. The lowest BCUT2D eigenvalue weighted by Gasteiger charge is -2.25. The van der Waals surface area contributed by atoms with Gasteiger partial charge in [-0.2, -0.15) is 0 Å². The van der Waals surface area contributed by atoms with Crippen molar-refractivity contribution < 1.29 is 4.79 Å². The number of hydrogen-bond acceptors (Lipinski definition) is 5. The van der Waals surface area contributed by atoms with Gasteiger partial charge in [-0.3, -0.25) is 14.7 Å². The average Bonchev–Trinajstić information content (AvgIpc) is 2.66. The monoisotopic (exact) mass is 367 g/mol. The first-order valence-electron chi connectivity index (χ1n) is 8.12. The summed E-state index contributed by atoms with van der Waals surface area (Å²) in [4.78, 5) is 26.6. The summed E-state index contributed by atoms with van der Waals surface area (Å²) in [5, 5.41) is 2.87. The molecule has 2 aromatic heterocycles. The molecule has 0 aliphatic rings. The summed E-state index contributed by atoms with van der Waals surface area (Å²) in [6.45, 7) is 2.00. The Morgan fingerprint density at radius 2 is 1.85 bits per heavy atom. The molecule has 6 nitrogen and oxygen atoms in total. The van der Waals surface area contributed by atoms with Crippen molar-refractivity contribution in [2.75, 3.05) is 16.1 Å². The predicted molar refractivity (Wildman–Crippen MR) is 103 cm³/mol. The number of carbonyl (C=O) groups excluding carboxylic acids is 1. The molecule has 3 rings (SSSR count). The molecule has 1 N–H and O–H groups in total. The Kier molecular flexibility index (Phi) is 5.76. The zero-order valence-electron chi connectivity index (χ0n) is 14.3. The number of amides is 1. The van der Waals surface area contributed by atoms with Crippen LogP contribution in [0.4, 0.5) is 23.0 Å². The maximum absolute atomic E-state index is 11.9. The van der Waals surface area contributed by atoms with E-state index in [1.54, 1.807) is 30.9 Å². The number of benzene rings is 1. The van der Waals surface area contributed by atoms with Crippen LogP contribution in [0, 0.1) is 6.92 Å². The maximum atomic E-state index is 11.9. The van der Waals surface area contributed by atoms with Crippen LogP contribution < -0.4 is 10.2 Å². The number of nitrogens with one attached hydrogen (secondary N) is 1. The van der Waals surface area contributed by atoms with Crippen molar-refractivity contribution in [3.63, 3.8) is 0 Å². The van der Waals surface area contributed by atoms with E-state index in [1.165, 1.54) is 0 Å². The molecule has 2 heterocycles. The zero-order valence-corrected chi connectivity index (χ0v) is 15.0. The average molecular weight is 368 g/mol. The Hall–Kier alpha value is -2.99. The van der Waals surface area contributed by atoms with E-state index >= 15 is 0 Å². The smallest absolute Gasteiger partial charge is 0.234 e. The fourth-order valence-electron chi connectivity index (χ4n) is 2.50. The highest BCUT2D eigenvalue weighted by molar-refractivity contribution is 6.19. The van der Waals surface area contributed by atoms with E-state index in [9.17, 15) is 4.79 Å². The zero-order chi connectivity index (χ0) is 18.4. The van der Waals surface area contributed by atoms with E-state index in [4.69, 9.17) is 11.6 Å². The highest BCUT2D eigenvalue weighted by Crippen LogP contribution is 2.35. The minimum atomic E-state index is -0.124. The molecule has 0 unspecified atom stereocenters. The third kappa shape index (κ3) is 4.15. The molecule has 132 valence electrons. The van der Waals surface area contributed by atoms with Crippen LogP contribution >= 0.6 is 11.6 Å². The molecule has 26 heavy (non-hydrogen) atoms. The minimum Gasteiger partial charge on any atom is -0.326 e. The van der Waals surface area contributed by atoms with Gasteiger partial charge in [0.15, 0.2) is 0 Å². The lowest BCUT2D eigenvalue weighted by molar-refractivity contribution is -0.115. The highest BCUT2D eigenvalue weighted by atomic mass is 35.5. The SMILES string of the molecule is Cc1ccc(NC(=O)CCCl)cc1N(c1ccncc1)c1ncccn1. The summed E-state index contributed by atoms with van der Waals surface area (Å²) in [6, 6.07) is 11.2. The lowest BCUT2D eigenvalue weighted by atomic mass is 10.1. The second kappa shape index (κ2) is 8.40. The third-order valence-electron chi connectivity index (χ3n) is 3.73. The van der Waals surface area contributed by atoms with E-state index in [1.807, 2.05) is 42.2 Å². The molecule has 0 spiro atoms. The van der Waals surface area contributed by atoms with Crippen LogP contribution in [0.3, 0.4) is 0 Å². The van der Waals surface area contributed by atoms with Crippen molar-refractivity contribution >= 4 is 40.5 Å². The van der Waals surface area contributed by atoms with Gasteiger partial charge in [0.25, 0.3) is 0 Å². The fraction of sp³-hybridized carbons (Fsp3) is 0.158.